The molecule has 4 nitrogen and oxygen atoms in total. The third-order valence-corrected chi connectivity index (χ3v) is 3.14. The monoisotopic (exact) mass is 260 g/mol. The number of rotatable bonds is 6. The first-order valence-electron chi connectivity index (χ1n) is 6.69. The number of aromatic amines is 1. The second-order valence-electron chi connectivity index (χ2n) is 4.60. The van der Waals surface area contributed by atoms with Crippen LogP contribution in [-0.2, 0) is 0 Å². The Labute approximate surface area is 113 Å². The van der Waals surface area contributed by atoms with E-state index in [1.54, 1.807) is 7.11 Å². The first-order valence-corrected chi connectivity index (χ1v) is 6.69. The van der Waals surface area contributed by atoms with Gasteiger partial charge in [0.15, 0.2) is 0 Å². The van der Waals surface area contributed by atoms with Crippen LogP contribution in [0.4, 0.5) is 0 Å². The number of carbonyl (C=O) groups is 1. The molecule has 0 saturated heterocycles. The van der Waals surface area contributed by atoms with E-state index in [1.807, 2.05) is 24.3 Å². The Hall–Kier alpha value is -1.97. The molecule has 0 fully saturated rings. The van der Waals surface area contributed by atoms with E-state index in [0.29, 0.717) is 5.69 Å². The summed E-state index contributed by atoms with van der Waals surface area (Å²) in [5.41, 5.74) is 1.51. The number of H-pyrrole nitrogens is 1. The van der Waals surface area contributed by atoms with Crippen molar-refractivity contribution in [3.8, 4) is 5.75 Å². The predicted octanol–water partition coefficient (Wildman–Crippen LogP) is 3.10. The van der Waals surface area contributed by atoms with Gasteiger partial charge in [0, 0.05) is 23.5 Å². The van der Waals surface area contributed by atoms with Crippen LogP contribution in [0.2, 0.25) is 0 Å². The molecule has 2 N–H and O–H groups in total. The summed E-state index contributed by atoms with van der Waals surface area (Å²) in [4.78, 5) is 15.1. The Balaban J connectivity index is 2.05. The van der Waals surface area contributed by atoms with Crippen molar-refractivity contribution < 1.29 is 9.53 Å². The number of nitrogens with one attached hydrogen (secondary N) is 2. The summed E-state index contributed by atoms with van der Waals surface area (Å²) in [6.07, 6.45) is 3.32. The first kappa shape index (κ1) is 13.5. The van der Waals surface area contributed by atoms with Crippen molar-refractivity contribution in [2.45, 2.75) is 26.2 Å². The van der Waals surface area contributed by atoms with E-state index in [0.717, 1.165) is 42.5 Å². The summed E-state index contributed by atoms with van der Waals surface area (Å²) in [7, 11) is 1.63. The number of carbonyl (C=O) groups excluding carboxylic acids is 1. The van der Waals surface area contributed by atoms with Gasteiger partial charge in [-0.15, -0.1) is 0 Å². The van der Waals surface area contributed by atoms with Gasteiger partial charge in [-0.1, -0.05) is 19.8 Å². The Bertz CT molecular complexity index is 560. The molecular formula is C15H20N2O2. The molecule has 4 heteroatoms. The minimum Gasteiger partial charge on any atom is -0.497 e. The van der Waals surface area contributed by atoms with Crippen molar-refractivity contribution in [2.75, 3.05) is 13.7 Å². The van der Waals surface area contributed by atoms with Gasteiger partial charge in [0.1, 0.15) is 11.4 Å². The number of unbranched alkanes of at least 4 members (excludes halogenated alkanes) is 2. The van der Waals surface area contributed by atoms with Crippen LogP contribution in [0.25, 0.3) is 10.9 Å². The van der Waals surface area contributed by atoms with E-state index in [4.69, 9.17) is 4.74 Å². The van der Waals surface area contributed by atoms with Gasteiger partial charge in [-0.2, -0.15) is 0 Å². The Kier molecular flexibility index (Phi) is 4.44. The number of hydrogen-bond donors (Lipinski definition) is 2. The topological polar surface area (TPSA) is 54.1 Å². The average Bonchev–Trinajstić information content (AvgIpc) is 2.86. The number of fused-ring (bicyclic) bond motifs is 1. The molecule has 1 heterocycles. The van der Waals surface area contributed by atoms with Crippen LogP contribution in [0.5, 0.6) is 5.75 Å². The molecule has 1 amide bonds. The van der Waals surface area contributed by atoms with E-state index in [9.17, 15) is 4.79 Å². The van der Waals surface area contributed by atoms with Crippen LogP contribution >= 0.6 is 0 Å². The Morgan fingerprint density at radius 1 is 1.32 bits per heavy atom. The second kappa shape index (κ2) is 6.27. The van der Waals surface area contributed by atoms with Crippen molar-refractivity contribution in [1.29, 1.82) is 0 Å². The number of benzene rings is 1. The third kappa shape index (κ3) is 3.28. The van der Waals surface area contributed by atoms with E-state index in [1.165, 1.54) is 0 Å². The van der Waals surface area contributed by atoms with E-state index < -0.39 is 0 Å². The summed E-state index contributed by atoms with van der Waals surface area (Å²) in [6, 6.07) is 7.59. The summed E-state index contributed by atoms with van der Waals surface area (Å²) < 4.78 is 5.16. The van der Waals surface area contributed by atoms with Gasteiger partial charge in [0.25, 0.3) is 5.91 Å². The molecule has 1 aromatic heterocycles. The zero-order valence-corrected chi connectivity index (χ0v) is 11.5. The standard InChI is InChI=1S/C15H20N2O2/c1-3-4-5-8-16-15(18)14-9-11-6-7-12(19-2)10-13(11)17-14/h6-7,9-10,17H,3-5,8H2,1-2H3,(H,16,18). The number of aromatic nitrogens is 1. The molecule has 0 saturated carbocycles. The predicted molar refractivity (Wildman–Crippen MR) is 76.7 cm³/mol. The van der Waals surface area contributed by atoms with Gasteiger partial charge in [-0.05, 0) is 24.6 Å². The van der Waals surface area contributed by atoms with Crippen LogP contribution in [0.1, 0.15) is 36.7 Å². The smallest absolute Gasteiger partial charge is 0.267 e. The quantitative estimate of drug-likeness (QED) is 0.784. The van der Waals surface area contributed by atoms with Crippen LogP contribution in [0.3, 0.4) is 0 Å². The van der Waals surface area contributed by atoms with Crippen molar-refractivity contribution in [1.82, 2.24) is 10.3 Å². The van der Waals surface area contributed by atoms with Gasteiger partial charge < -0.3 is 15.0 Å². The van der Waals surface area contributed by atoms with Crippen LogP contribution < -0.4 is 10.1 Å². The Morgan fingerprint density at radius 2 is 2.16 bits per heavy atom. The molecule has 0 aliphatic rings. The van der Waals surface area contributed by atoms with E-state index in [2.05, 4.69) is 17.2 Å². The first-order chi connectivity index (χ1) is 9.24. The lowest BCUT2D eigenvalue weighted by Gasteiger charge is -2.02. The number of amides is 1. The molecule has 0 bridgehead atoms. The highest BCUT2D eigenvalue weighted by molar-refractivity contribution is 5.98. The van der Waals surface area contributed by atoms with E-state index in [-0.39, 0.29) is 5.91 Å². The Morgan fingerprint density at radius 3 is 2.89 bits per heavy atom. The molecular weight excluding hydrogens is 240 g/mol. The maximum atomic E-state index is 12.0. The molecule has 2 rings (SSSR count). The molecule has 102 valence electrons. The highest BCUT2D eigenvalue weighted by Gasteiger charge is 2.09. The highest BCUT2D eigenvalue weighted by Crippen LogP contribution is 2.21. The zero-order valence-electron chi connectivity index (χ0n) is 11.5. The third-order valence-electron chi connectivity index (χ3n) is 3.14. The largest absolute Gasteiger partial charge is 0.497 e. The van der Waals surface area contributed by atoms with Crippen molar-refractivity contribution in [2.24, 2.45) is 0 Å². The lowest BCUT2D eigenvalue weighted by Crippen LogP contribution is -2.24. The number of ether oxygens (including phenoxy) is 1. The SMILES string of the molecule is CCCCCNC(=O)c1cc2ccc(OC)cc2[nH]1. The fourth-order valence-electron chi connectivity index (χ4n) is 2.03. The molecule has 0 atom stereocenters. The lowest BCUT2D eigenvalue weighted by molar-refractivity contribution is 0.0949. The molecule has 0 aliphatic carbocycles. The van der Waals surface area contributed by atoms with Gasteiger partial charge in [-0.25, -0.2) is 0 Å². The fourth-order valence-corrected chi connectivity index (χ4v) is 2.03. The molecule has 19 heavy (non-hydrogen) atoms. The number of hydrogen-bond acceptors (Lipinski definition) is 2. The molecule has 0 radical (unpaired) electrons. The van der Waals surface area contributed by atoms with Crippen LogP contribution in [0, 0.1) is 0 Å². The van der Waals surface area contributed by atoms with E-state index >= 15 is 0 Å². The maximum absolute atomic E-state index is 12.0. The summed E-state index contributed by atoms with van der Waals surface area (Å²) in [5, 5.41) is 3.94. The van der Waals surface area contributed by atoms with Crippen molar-refractivity contribution in [3.63, 3.8) is 0 Å². The summed E-state index contributed by atoms with van der Waals surface area (Å²) in [6.45, 7) is 2.87. The van der Waals surface area contributed by atoms with Crippen molar-refractivity contribution >= 4 is 16.8 Å². The van der Waals surface area contributed by atoms with Crippen LogP contribution in [-0.4, -0.2) is 24.5 Å². The minimum absolute atomic E-state index is 0.0498. The number of methoxy groups -OCH3 is 1. The van der Waals surface area contributed by atoms with Gasteiger partial charge >= 0.3 is 0 Å². The minimum atomic E-state index is -0.0498. The summed E-state index contributed by atoms with van der Waals surface area (Å²) in [5.74, 6) is 0.732. The van der Waals surface area contributed by atoms with Crippen molar-refractivity contribution in [3.05, 3.63) is 30.0 Å². The zero-order chi connectivity index (χ0) is 13.7. The second-order valence-corrected chi connectivity index (χ2v) is 4.60. The maximum Gasteiger partial charge on any atom is 0.267 e. The highest BCUT2D eigenvalue weighted by atomic mass is 16.5. The molecule has 2 aromatic rings. The molecule has 0 aliphatic heterocycles. The van der Waals surface area contributed by atoms with Gasteiger partial charge in [-0.3, -0.25) is 4.79 Å². The fraction of sp³-hybridized carbons (Fsp3) is 0.400. The lowest BCUT2D eigenvalue weighted by atomic mass is 10.2. The average molecular weight is 260 g/mol. The molecule has 0 spiro atoms. The summed E-state index contributed by atoms with van der Waals surface area (Å²) >= 11 is 0. The van der Waals surface area contributed by atoms with Gasteiger partial charge in [0.05, 0.1) is 7.11 Å². The van der Waals surface area contributed by atoms with Gasteiger partial charge in [0.2, 0.25) is 0 Å². The normalized spacial score (nSPS) is 10.6. The molecule has 1 aromatic carbocycles. The van der Waals surface area contributed by atoms with Crippen LogP contribution in [0.15, 0.2) is 24.3 Å². The molecule has 0 unspecified atom stereocenters.